The average molecular weight is 198 g/mol. The predicted molar refractivity (Wildman–Crippen MR) is 58.4 cm³/mol. The zero-order valence-corrected chi connectivity index (χ0v) is 8.99. The fourth-order valence-electron chi connectivity index (χ4n) is 1.40. The Bertz CT molecular complexity index is 271. The Kier molecular flexibility index (Phi) is 4.26. The molecule has 1 nitrogen and oxygen atoms in total. The van der Waals surface area contributed by atoms with Gasteiger partial charge in [0.25, 0.3) is 0 Å². The Hall–Kier alpha value is -0.530. The van der Waals surface area contributed by atoms with Gasteiger partial charge in [-0.2, -0.15) is 0 Å². The Labute approximate surface area is 85.1 Å². The lowest BCUT2D eigenvalue weighted by atomic mass is 10.0. The molecule has 0 radical (unpaired) electrons. The summed E-state index contributed by atoms with van der Waals surface area (Å²) in [5.41, 5.74) is 2.70. The van der Waals surface area contributed by atoms with Crippen molar-refractivity contribution >= 4 is 11.6 Å². The minimum atomic E-state index is 0.829. The minimum Gasteiger partial charge on any atom is -0.320 e. The van der Waals surface area contributed by atoms with Crippen LogP contribution >= 0.6 is 11.6 Å². The molecule has 0 amide bonds. The smallest absolute Gasteiger partial charge is 0.0408 e. The quantitative estimate of drug-likeness (QED) is 0.733. The summed E-state index contributed by atoms with van der Waals surface area (Å²) in [5, 5.41) is 3.97. The molecule has 1 aromatic carbocycles. The maximum Gasteiger partial charge on any atom is 0.0408 e. The van der Waals surface area contributed by atoms with E-state index < -0.39 is 0 Å². The van der Waals surface area contributed by atoms with Gasteiger partial charge < -0.3 is 5.32 Å². The second kappa shape index (κ2) is 5.25. The molecule has 0 aliphatic carbocycles. The maximum absolute atomic E-state index is 5.87. The van der Waals surface area contributed by atoms with Crippen LogP contribution in [0.2, 0.25) is 5.02 Å². The van der Waals surface area contributed by atoms with Gasteiger partial charge in [-0.15, -0.1) is 0 Å². The minimum absolute atomic E-state index is 0.829. The molecule has 0 spiro atoms. The average Bonchev–Trinajstić information content (AvgIpc) is 2.09. The number of hydrogen-bond acceptors (Lipinski definition) is 1. The number of rotatable bonds is 4. The highest BCUT2D eigenvalue weighted by molar-refractivity contribution is 6.30. The maximum atomic E-state index is 5.87. The van der Waals surface area contributed by atoms with Crippen molar-refractivity contribution in [1.29, 1.82) is 0 Å². The van der Waals surface area contributed by atoms with Gasteiger partial charge in [0.15, 0.2) is 0 Å². The van der Waals surface area contributed by atoms with E-state index in [4.69, 9.17) is 11.6 Å². The van der Waals surface area contributed by atoms with Crippen molar-refractivity contribution < 1.29 is 0 Å². The van der Waals surface area contributed by atoms with Crippen molar-refractivity contribution in [2.45, 2.75) is 19.8 Å². The van der Waals surface area contributed by atoms with Crippen LogP contribution in [0.3, 0.4) is 0 Å². The van der Waals surface area contributed by atoms with E-state index in [-0.39, 0.29) is 0 Å². The molecule has 0 aliphatic rings. The largest absolute Gasteiger partial charge is 0.320 e. The number of aryl methyl sites for hydroxylation is 2. The molecule has 0 saturated carbocycles. The second-order valence-corrected chi connectivity index (χ2v) is 3.71. The van der Waals surface area contributed by atoms with Crippen LogP contribution in [0.5, 0.6) is 0 Å². The summed E-state index contributed by atoms with van der Waals surface area (Å²) in [5.74, 6) is 0. The normalized spacial score (nSPS) is 10.4. The Morgan fingerprint density at radius 3 is 2.77 bits per heavy atom. The van der Waals surface area contributed by atoms with Crippen LogP contribution in [0, 0.1) is 6.92 Å². The molecular weight excluding hydrogens is 182 g/mol. The second-order valence-electron chi connectivity index (χ2n) is 3.28. The van der Waals surface area contributed by atoms with E-state index in [1.165, 1.54) is 17.5 Å². The van der Waals surface area contributed by atoms with Gasteiger partial charge in [-0.05, 0) is 56.6 Å². The van der Waals surface area contributed by atoms with Crippen LogP contribution in [0.25, 0.3) is 0 Å². The van der Waals surface area contributed by atoms with E-state index in [1.807, 2.05) is 19.2 Å². The monoisotopic (exact) mass is 197 g/mol. The molecule has 13 heavy (non-hydrogen) atoms. The molecule has 1 aromatic rings. The van der Waals surface area contributed by atoms with Crippen LogP contribution in [-0.4, -0.2) is 13.6 Å². The zero-order valence-electron chi connectivity index (χ0n) is 8.23. The van der Waals surface area contributed by atoms with Gasteiger partial charge in [-0.1, -0.05) is 17.7 Å². The van der Waals surface area contributed by atoms with Gasteiger partial charge in [-0.25, -0.2) is 0 Å². The lowest BCUT2D eigenvalue weighted by molar-refractivity contribution is 0.723. The van der Waals surface area contributed by atoms with E-state index >= 15 is 0 Å². The summed E-state index contributed by atoms with van der Waals surface area (Å²) in [4.78, 5) is 0. The molecule has 2 heteroatoms. The topological polar surface area (TPSA) is 12.0 Å². The summed E-state index contributed by atoms with van der Waals surface area (Å²) in [6.45, 7) is 3.18. The van der Waals surface area contributed by atoms with Crippen molar-refractivity contribution in [3.63, 3.8) is 0 Å². The Morgan fingerprint density at radius 1 is 1.38 bits per heavy atom. The first-order valence-electron chi connectivity index (χ1n) is 4.63. The lowest BCUT2D eigenvalue weighted by Gasteiger charge is -2.05. The van der Waals surface area contributed by atoms with Gasteiger partial charge in [0.2, 0.25) is 0 Å². The zero-order chi connectivity index (χ0) is 9.68. The van der Waals surface area contributed by atoms with Crippen molar-refractivity contribution in [3.8, 4) is 0 Å². The number of nitrogens with one attached hydrogen (secondary N) is 1. The number of halogens is 1. The van der Waals surface area contributed by atoms with Crippen molar-refractivity contribution in [3.05, 3.63) is 34.3 Å². The highest BCUT2D eigenvalue weighted by Gasteiger charge is 1.98. The van der Waals surface area contributed by atoms with Gasteiger partial charge in [0.05, 0.1) is 0 Å². The number of benzene rings is 1. The molecule has 0 heterocycles. The van der Waals surface area contributed by atoms with Crippen LogP contribution in [0.1, 0.15) is 17.5 Å². The van der Waals surface area contributed by atoms with Gasteiger partial charge in [-0.3, -0.25) is 0 Å². The van der Waals surface area contributed by atoms with Crippen LogP contribution in [0.4, 0.5) is 0 Å². The molecule has 72 valence electrons. The first-order valence-corrected chi connectivity index (χ1v) is 5.01. The third-order valence-corrected chi connectivity index (χ3v) is 2.41. The van der Waals surface area contributed by atoms with E-state index in [1.54, 1.807) is 0 Å². The fraction of sp³-hybridized carbons (Fsp3) is 0.455. The molecule has 0 bridgehead atoms. The summed E-state index contributed by atoms with van der Waals surface area (Å²) < 4.78 is 0. The molecule has 0 aromatic heterocycles. The van der Waals surface area contributed by atoms with Crippen LogP contribution in [-0.2, 0) is 6.42 Å². The Balaban J connectivity index is 2.56. The molecule has 0 aliphatic heterocycles. The van der Waals surface area contributed by atoms with Crippen LogP contribution < -0.4 is 5.32 Å². The van der Waals surface area contributed by atoms with E-state index in [2.05, 4.69) is 18.3 Å². The molecule has 0 unspecified atom stereocenters. The first-order chi connectivity index (χ1) is 6.24. The molecule has 1 rings (SSSR count). The van der Waals surface area contributed by atoms with E-state index in [0.29, 0.717) is 0 Å². The summed E-state index contributed by atoms with van der Waals surface area (Å²) >= 11 is 5.87. The SMILES string of the molecule is CNCCCc1ccc(Cl)cc1C. The molecule has 1 N–H and O–H groups in total. The highest BCUT2D eigenvalue weighted by atomic mass is 35.5. The van der Waals surface area contributed by atoms with Crippen molar-refractivity contribution in [2.24, 2.45) is 0 Å². The Morgan fingerprint density at radius 2 is 2.15 bits per heavy atom. The summed E-state index contributed by atoms with van der Waals surface area (Å²) in [6.07, 6.45) is 2.31. The third-order valence-electron chi connectivity index (χ3n) is 2.18. The lowest BCUT2D eigenvalue weighted by Crippen LogP contribution is -2.08. The summed E-state index contributed by atoms with van der Waals surface area (Å²) in [7, 11) is 1.98. The van der Waals surface area contributed by atoms with Crippen molar-refractivity contribution in [1.82, 2.24) is 5.32 Å². The van der Waals surface area contributed by atoms with Gasteiger partial charge in [0.1, 0.15) is 0 Å². The molecule has 0 fully saturated rings. The third kappa shape index (κ3) is 3.37. The highest BCUT2D eigenvalue weighted by Crippen LogP contribution is 2.16. The molecule has 0 atom stereocenters. The standard InChI is InChI=1S/C11H16ClN/c1-9-8-11(12)6-5-10(9)4-3-7-13-2/h5-6,8,13H,3-4,7H2,1-2H3. The van der Waals surface area contributed by atoms with Gasteiger partial charge in [0, 0.05) is 5.02 Å². The fourth-order valence-corrected chi connectivity index (χ4v) is 1.62. The van der Waals surface area contributed by atoms with Crippen molar-refractivity contribution in [2.75, 3.05) is 13.6 Å². The van der Waals surface area contributed by atoms with E-state index in [9.17, 15) is 0 Å². The molecule has 0 saturated heterocycles. The van der Waals surface area contributed by atoms with E-state index in [0.717, 1.165) is 18.0 Å². The van der Waals surface area contributed by atoms with Crippen LogP contribution in [0.15, 0.2) is 18.2 Å². The number of hydrogen-bond donors (Lipinski definition) is 1. The predicted octanol–water partition coefficient (Wildman–Crippen LogP) is 2.80. The first kappa shape index (κ1) is 10.6. The van der Waals surface area contributed by atoms with Gasteiger partial charge >= 0.3 is 0 Å². The molecular formula is C11H16ClN. The summed E-state index contributed by atoms with van der Waals surface area (Å²) in [6, 6.07) is 6.10.